The number of nitrogens with zero attached hydrogens (tertiary/aromatic N) is 1. The van der Waals surface area contributed by atoms with Crippen molar-refractivity contribution in [3.8, 4) is 0 Å². The Labute approximate surface area is 95.5 Å². The van der Waals surface area contributed by atoms with Crippen LogP contribution < -0.4 is 5.11 Å². The third-order valence-electron chi connectivity index (χ3n) is 1.77. The van der Waals surface area contributed by atoms with E-state index >= 15 is 0 Å². The monoisotopic (exact) mass is 238 g/mol. The SMILES string of the molecule is O=C1N=C([O-])S/C1=C\c1ccc(Cl)cc1. The minimum atomic E-state index is -0.472. The summed E-state index contributed by atoms with van der Waals surface area (Å²) >= 11 is 6.56. The minimum Gasteiger partial charge on any atom is -0.853 e. The second-order valence-corrected chi connectivity index (χ2v) is 4.27. The van der Waals surface area contributed by atoms with Crippen LogP contribution in [0.1, 0.15) is 5.56 Å². The van der Waals surface area contributed by atoms with Crippen LogP contribution in [0.2, 0.25) is 5.02 Å². The van der Waals surface area contributed by atoms with Crippen LogP contribution in [0.3, 0.4) is 0 Å². The molecule has 0 radical (unpaired) electrons. The molecule has 0 aliphatic carbocycles. The molecule has 0 saturated heterocycles. The van der Waals surface area contributed by atoms with Crippen molar-refractivity contribution in [2.75, 3.05) is 0 Å². The Balaban J connectivity index is 2.25. The van der Waals surface area contributed by atoms with E-state index in [4.69, 9.17) is 11.6 Å². The van der Waals surface area contributed by atoms with E-state index in [0.717, 1.165) is 17.3 Å². The highest BCUT2D eigenvalue weighted by atomic mass is 35.5. The molecule has 0 saturated carbocycles. The largest absolute Gasteiger partial charge is 0.853 e. The third kappa shape index (κ3) is 2.40. The number of benzene rings is 1. The van der Waals surface area contributed by atoms with Gasteiger partial charge >= 0.3 is 0 Å². The van der Waals surface area contributed by atoms with Crippen LogP contribution >= 0.6 is 23.4 Å². The number of halogens is 1. The molecule has 15 heavy (non-hydrogen) atoms. The lowest BCUT2D eigenvalue weighted by molar-refractivity contribution is -0.205. The number of rotatable bonds is 1. The first-order valence-electron chi connectivity index (χ1n) is 4.10. The second-order valence-electron chi connectivity index (χ2n) is 2.85. The number of hydrogen-bond donors (Lipinski definition) is 0. The Morgan fingerprint density at radius 1 is 1.33 bits per heavy atom. The van der Waals surface area contributed by atoms with E-state index in [9.17, 15) is 9.90 Å². The number of amides is 1. The van der Waals surface area contributed by atoms with Gasteiger partial charge in [0.25, 0.3) is 5.91 Å². The minimum absolute atomic E-state index is 0.349. The van der Waals surface area contributed by atoms with Crippen molar-refractivity contribution in [3.63, 3.8) is 0 Å². The summed E-state index contributed by atoms with van der Waals surface area (Å²) < 4.78 is 0. The average molecular weight is 239 g/mol. The van der Waals surface area contributed by atoms with Crippen LogP contribution in [-0.4, -0.2) is 11.1 Å². The van der Waals surface area contributed by atoms with Gasteiger partial charge < -0.3 is 5.11 Å². The quantitative estimate of drug-likeness (QED) is 0.700. The zero-order chi connectivity index (χ0) is 10.8. The Bertz CT molecular complexity index is 465. The van der Waals surface area contributed by atoms with E-state index in [2.05, 4.69) is 4.99 Å². The molecule has 0 spiro atoms. The molecule has 0 N–H and O–H groups in total. The van der Waals surface area contributed by atoms with Crippen molar-refractivity contribution >= 4 is 40.6 Å². The van der Waals surface area contributed by atoms with Crippen molar-refractivity contribution < 1.29 is 9.90 Å². The third-order valence-corrected chi connectivity index (χ3v) is 2.80. The zero-order valence-electron chi connectivity index (χ0n) is 7.44. The molecule has 1 aliphatic rings. The van der Waals surface area contributed by atoms with Gasteiger partial charge in [0, 0.05) is 10.3 Å². The molecule has 1 aliphatic heterocycles. The van der Waals surface area contributed by atoms with Gasteiger partial charge in [-0.15, -0.1) is 0 Å². The Hall–Kier alpha value is -1.26. The van der Waals surface area contributed by atoms with Gasteiger partial charge in [-0.2, -0.15) is 0 Å². The van der Waals surface area contributed by atoms with Gasteiger partial charge in [-0.1, -0.05) is 35.5 Å². The van der Waals surface area contributed by atoms with Gasteiger partial charge in [0.1, 0.15) is 0 Å². The lowest BCUT2D eigenvalue weighted by Crippen LogP contribution is -2.08. The number of aliphatic imine (C=N–C) groups is 1. The van der Waals surface area contributed by atoms with Gasteiger partial charge in [-0.3, -0.25) is 4.79 Å². The maximum absolute atomic E-state index is 11.2. The van der Waals surface area contributed by atoms with Crippen LogP contribution in [0.25, 0.3) is 6.08 Å². The number of carbonyl (C=O) groups is 1. The predicted octanol–water partition coefficient (Wildman–Crippen LogP) is 1.67. The topological polar surface area (TPSA) is 52.5 Å². The number of carbonyl (C=O) groups excluding carboxylic acids is 1. The first-order chi connectivity index (χ1) is 7.15. The highest BCUT2D eigenvalue weighted by molar-refractivity contribution is 8.18. The van der Waals surface area contributed by atoms with Crippen molar-refractivity contribution in [3.05, 3.63) is 39.8 Å². The Morgan fingerprint density at radius 2 is 2.00 bits per heavy atom. The van der Waals surface area contributed by atoms with Crippen molar-refractivity contribution in [2.45, 2.75) is 0 Å². The fourth-order valence-electron chi connectivity index (χ4n) is 1.10. The molecule has 1 aromatic rings. The van der Waals surface area contributed by atoms with Gasteiger partial charge in [0.2, 0.25) is 0 Å². The van der Waals surface area contributed by atoms with Crippen LogP contribution in [0.15, 0.2) is 34.2 Å². The van der Waals surface area contributed by atoms with Crippen LogP contribution in [-0.2, 0) is 4.79 Å². The molecular formula is C10H5ClNO2S-. The fraction of sp³-hybridized carbons (Fsp3) is 0. The van der Waals surface area contributed by atoms with E-state index in [-0.39, 0.29) is 0 Å². The summed E-state index contributed by atoms with van der Waals surface area (Å²) in [5.41, 5.74) is 0.820. The van der Waals surface area contributed by atoms with E-state index in [1.165, 1.54) is 0 Å². The van der Waals surface area contributed by atoms with Gasteiger partial charge in [-0.25, -0.2) is 4.99 Å². The summed E-state index contributed by atoms with van der Waals surface area (Å²) in [6, 6.07) is 6.98. The molecule has 3 nitrogen and oxygen atoms in total. The maximum atomic E-state index is 11.2. The summed E-state index contributed by atoms with van der Waals surface area (Å²) in [4.78, 5) is 14.8. The molecule has 76 valence electrons. The molecule has 0 unspecified atom stereocenters. The van der Waals surface area contributed by atoms with Crippen LogP contribution in [0.4, 0.5) is 0 Å². The first kappa shape index (κ1) is 10.3. The molecule has 2 rings (SSSR count). The number of thioether (sulfide) groups is 1. The molecule has 1 heterocycles. The molecule has 1 aromatic carbocycles. The van der Waals surface area contributed by atoms with E-state index < -0.39 is 11.1 Å². The zero-order valence-corrected chi connectivity index (χ0v) is 9.01. The van der Waals surface area contributed by atoms with Crippen molar-refractivity contribution in [1.29, 1.82) is 0 Å². The van der Waals surface area contributed by atoms with E-state index in [0.29, 0.717) is 9.93 Å². The lowest BCUT2D eigenvalue weighted by atomic mass is 10.2. The summed E-state index contributed by atoms with van der Waals surface area (Å²) in [6.07, 6.45) is 1.62. The Morgan fingerprint density at radius 3 is 2.53 bits per heavy atom. The highest BCUT2D eigenvalue weighted by Gasteiger charge is 2.15. The molecular weight excluding hydrogens is 234 g/mol. The normalized spacial score (nSPS) is 18.3. The fourth-order valence-corrected chi connectivity index (χ4v) is 1.87. The molecule has 0 fully saturated rings. The average Bonchev–Trinajstić information content (AvgIpc) is 2.49. The second kappa shape index (κ2) is 4.08. The van der Waals surface area contributed by atoms with Gasteiger partial charge in [-0.05, 0) is 23.8 Å². The molecule has 0 bridgehead atoms. The highest BCUT2D eigenvalue weighted by Crippen LogP contribution is 2.26. The van der Waals surface area contributed by atoms with Gasteiger partial charge in [0.05, 0.1) is 4.91 Å². The maximum Gasteiger partial charge on any atom is 0.283 e. The Kier molecular flexibility index (Phi) is 2.79. The van der Waals surface area contributed by atoms with Crippen molar-refractivity contribution in [1.82, 2.24) is 0 Å². The van der Waals surface area contributed by atoms with Crippen LogP contribution in [0.5, 0.6) is 0 Å². The molecule has 0 atom stereocenters. The summed E-state index contributed by atoms with van der Waals surface area (Å²) in [6.45, 7) is 0. The predicted molar refractivity (Wildman–Crippen MR) is 59.5 cm³/mol. The number of hydrogen-bond acceptors (Lipinski definition) is 3. The van der Waals surface area contributed by atoms with E-state index in [1.807, 2.05) is 0 Å². The van der Waals surface area contributed by atoms with Gasteiger partial charge in [0.15, 0.2) is 0 Å². The standard InChI is InChI=1S/C10H6ClNO2S/c11-7-3-1-6(2-4-7)5-8-9(13)12-10(14)15-8/h1-5H,(H,12,13,14)/p-1/b8-5-. The van der Waals surface area contributed by atoms with Crippen LogP contribution in [0, 0.1) is 0 Å². The molecule has 5 heteroatoms. The smallest absolute Gasteiger partial charge is 0.283 e. The first-order valence-corrected chi connectivity index (χ1v) is 5.30. The summed E-state index contributed by atoms with van der Waals surface area (Å²) in [5, 5.41) is 11.0. The molecule has 1 amide bonds. The summed E-state index contributed by atoms with van der Waals surface area (Å²) in [5.74, 6) is -0.472. The summed E-state index contributed by atoms with van der Waals surface area (Å²) in [7, 11) is 0. The molecule has 0 aromatic heterocycles. The van der Waals surface area contributed by atoms with Crippen molar-refractivity contribution in [2.24, 2.45) is 4.99 Å². The lowest BCUT2D eigenvalue weighted by Gasteiger charge is -1.99. The van der Waals surface area contributed by atoms with E-state index in [1.54, 1.807) is 30.3 Å².